The van der Waals surface area contributed by atoms with E-state index in [1.54, 1.807) is 18.3 Å². The Bertz CT molecular complexity index is 385. The molecule has 0 aliphatic heterocycles. The molecule has 0 aliphatic carbocycles. The van der Waals surface area contributed by atoms with Gasteiger partial charge in [-0.05, 0) is 6.07 Å². The number of rotatable bonds is 1. The van der Waals surface area contributed by atoms with Gasteiger partial charge in [0.25, 0.3) is 0 Å². The molecule has 0 aromatic carbocycles. The first-order valence-corrected chi connectivity index (χ1v) is 5.53. The van der Waals surface area contributed by atoms with Crippen LogP contribution in [-0.4, -0.2) is 21.9 Å². The number of nitrogens with one attached hydrogen (secondary N) is 1. The lowest BCUT2D eigenvalue weighted by atomic mass is 10.3. The van der Waals surface area contributed by atoms with E-state index in [0.29, 0.717) is 4.90 Å². The number of pyridine rings is 1. The molecule has 1 rings (SSSR count). The number of aromatic amines is 1. The van der Waals surface area contributed by atoms with Gasteiger partial charge in [-0.1, -0.05) is 0 Å². The molecule has 0 atom stereocenters. The van der Waals surface area contributed by atoms with Crippen LogP contribution in [-0.2, 0) is 9.84 Å². The summed E-state index contributed by atoms with van der Waals surface area (Å²) in [6, 6.07) is 3.20. The average molecular weight is 245 g/mol. The fraction of sp³-hybridized carbons (Fsp3) is 0.167. The first-order chi connectivity index (χ1) is 6.61. The first-order valence-electron chi connectivity index (χ1n) is 3.64. The zero-order chi connectivity index (χ0) is 12.1. The summed E-state index contributed by atoms with van der Waals surface area (Å²) in [5.41, 5.74) is 0. The third-order valence-electron chi connectivity index (χ3n) is 1.11. The molecule has 15 heavy (non-hydrogen) atoms. The molecule has 0 spiro atoms. The Balaban J connectivity index is 0.000000336. The molecule has 0 unspecified atom stereocenters. The Morgan fingerprint density at radius 2 is 1.73 bits per heavy atom. The Kier molecular flexibility index (Phi) is 4.72. The van der Waals surface area contributed by atoms with Crippen molar-refractivity contribution in [1.82, 2.24) is 0 Å². The predicted octanol–water partition coefficient (Wildman–Crippen LogP) is 1.20. The lowest BCUT2D eigenvalue weighted by Gasteiger charge is -1.94. The highest BCUT2D eigenvalue weighted by molar-refractivity contribution is 7.90. The zero-order valence-electron chi connectivity index (χ0n) is 7.62. The molecule has 86 valence electrons. The summed E-state index contributed by atoms with van der Waals surface area (Å²) >= 11 is 0. The van der Waals surface area contributed by atoms with Crippen molar-refractivity contribution in [2.24, 2.45) is 0 Å². The summed E-state index contributed by atoms with van der Waals surface area (Å²) in [7, 11) is -9.03. The summed E-state index contributed by atoms with van der Waals surface area (Å²) in [5, 5.41) is 0. The summed E-state index contributed by atoms with van der Waals surface area (Å²) in [6.45, 7) is 0. The quantitative estimate of drug-likeness (QED) is 0.551. The molecular weight excluding hydrogens is 237 g/mol. The minimum absolute atomic E-state index is 0.315. The van der Waals surface area contributed by atoms with Crippen LogP contribution < -0.4 is 4.98 Å². The second-order valence-corrected chi connectivity index (χ2v) is 4.52. The van der Waals surface area contributed by atoms with Gasteiger partial charge in [0.05, 0.1) is 0 Å². The van der Waals surface area contributed by atoms with Crippen LogP contribution in [0.1, 0.15) is 0 Å². The normalized spacial score (nSPS) is 11.5. The molecule has 0 amide bonds. The SMILES string of the molecule is CS(=O)(=O)c1ccc[nH+]c1.F[B-](F)(F)F. The molecular formula is C6H8BF4NO2S. The highest BCUT2D eigenvalue weighted by Crippen LogP contribution is 2.06. The van der Waals surface area contributed by atoms with Crippen LogP contribution in [0.5, 0.6) is 0 Å². The average Bonchev–Trinajstić information content (AvgIpc) is 2.01. The van der Waals surface area contributed by atoms with E-state index in [9.17, 15) is 25.7 Å². The van der Waals surface area contributed by atoms with Crippen LogP contribution in [0.25, 0.3) is 0 Å². The van der Waals surface area contributed by atoms with Gasteiger partial charge in [0.1, 0.15) is 4.90 Å². The molecule has 3 nitrogen and oxygen atoms in total. The molecule has 9 heteroatoms. The largest absolute Gasteiger partial charge is 0.673 e. The Hall–Kier alpha value is -1.12. The topological polar surface area (TPSA) is 48.3 Å². The first kappa shape index (κ1) is 13.9. The van der Waals surface area contributed by atoms with Crippen molar-refractivity contribution in [2.45, 2.75) is 4.90 Å². The third kappa shape index (κ3) is 9.20. The maximum absolute atomic E-state index is 10.8. The Morgan fingerprint density at radius 1 is 1.27 bits per heavy atom. The second kappa shape index (κ2) is 5.10. The number of halogens is 4. The van der Waals surface area contributed by atoms with E-state index in [0.717, 1.165) is 0 Å². The van der Waals surface area contributed by atoms with Gasteiger partial charge in [-0.2, -0.15) is 0 Å². The number of hydrogen-bond acceptors (Lipinski definition) is 2. The number of aromatic nitrogens is 1. The molecule has 0 fully saturated rings. The lowest BCUT2D eigenvalue weighted by Crippen LogP contribution is -2.05. The standard InChI is InChI=1S/C6H7NO2S.BF4/c1-10(8,9)6-3-2-4-7-5-6;2-1(3,4)5/h2-5H,1H3;/q;-1/p+1. The maximum Gasteiger partial charge on any atom is 0.673 e. The van der Waals surface area contributed by atoms with E-state index in [-0.39, 0.29) is 0 Å². The van der Waals surface area contributed by atoms with Crippen molar-refractivity contribution < 1.29 is 30.7 Å². The van der Waals surface area contributed by atoms with E-state index >= 15 is 0 Å². The van der Waals surface area contributed by atoms with E-state index in [2.05, 4.69) is 4.98 Å². The molecule has 0 bridgehead atoms. The van der Waals surface area contributed by atoms with Gasteiger partial charge >= 0.3 is 7.25 Å². The van der Waals surface area contributed by atoms with Crippen LogP contribution in [0.15, 0.2) is 29.4 Å². The number of H-pyrrole nitrogens is 1. The number of hydrogen-bond donors (Lipinski definition) is 0. The highest BCUT2D eigenvalue weighted by atomic mass is 32.2. The van der Waals surface area contributed by atoms with Crippen molar-refractivity contribution in [3.8, 4) is 0 Å². The number of sulfone groups is 1. The van der Waals surface area contributed by atoms with Crippen LogP contribution >= 0.6 is 0 Å². The lowest BCUT2D eigenvalue weighted by molar-refractivity contribution is -0.381. The maximum atomic E-state index is 10.8. The molecule has 1 N–H and O–H groups in total. The van der Waals surface area contributed by atoms with Gasteiger partial charge < -0.3 is 17.3 Å². The third-order valence-corrected chi connectivity index (χ3v) is 2.22. The summed E-state index contributed by atoms with van der Waals surface area (Å²) in [5.74, 6) is 0. The molecule has 0 saturated carbocycles. The summed E-state index contributed by atoms with van der Waals surface area (Å²) in [4.78, 5) is 3.00. The van der Waals surface area contributed by atoms with E-state index in [1.165, 1.54) is 12.5 Å². The van der Waals surface area contributed by atoms with Gasteiger partial charge in [0, 0.05) is 12.3 Å². The monoisotopic (exact) mass is 245 g/mol. The fourth-order valence-corrected chi connectivity index (χ4v) is 1.22. The van der Waals surface area contributed by atoms with Crippen LogP contribution in [0.4, 0.5) is 17.3 Å². The van der Waals surface area contributed by atoms with Gasteiger partial charge in [-0.15, -0.1) is 0 Å². The predicted molar refractivity (Wildman–Crippen MR) is 46.3 cm³/mol. The van der Waals surface area contributed by atoms with Crippen molar-refractivity contribution in [1.29, 1.82) is 0 Å². The smallest absolute Gasteiger partial charge is 0.418 e. The minimum Gasteiger partial charge on any atom is -0.418 e. The summed E-state index contributed by atoms with van der Waals surface area (Å²) < 4.78 is 60.6. The van der Waals surface area contributed by atoms with E-state index < -0.39 is 17.1 Å². The van der Waals surface area contributed by atoms with Crippen LogP contribution in [0, 0.1) is 0 Å². The minimum atomic E-state index is -6.00. The van der Waals surface area contributed by atoms with E-state index in [1.807, 2.05) is 0 Å². The van der Waals surface area contributed by atoms with Crippen LogP contribution in [0.2, 0.25) is 0 Å². The van der Waals surface area contributed by atoms with Crippen molar-refractivity contribution in [2.75, 3.05) is 6.26 Å². The van der Waals surface area contributed by atoms with Crippen molar-refractivity contribution in [3.63, 3.8) is 0 Å². The van der Waals surface area contributed by atoms with Gasteiger partial charge in [0.15, 0.2) is 22.2 Å². The van der Waals surface area contributed by atoms with Crippen molar-refractivity contribution in [3.05, 3.63) is 24.5 Å². The van der Waals surface area contributed by atoms with E-state index in [4.69, 9.17) is 0 Å². The second-order valence-electron chi connectivity index (χ2n) is 2.51. The molecule has 1 heterocycles. The molecule has 1 aromatic rings. The zero-order valence-corrected chi connectivity index (χ0v) is 8.44. The Labute approximate surface area is 84.2 Å². The van der Waals surface area contributed by atoms with Crippen molar-refractivity contribution >= 4 is 17.1 Å². The highest BCUT2D eigenvalue weighted by Gasteiger charge is 2.20. The summed E-state index contributed by atoms with van der Waals surface area (Å²) in [6.07, 6.45) is 4.29. The van der Waals surface area contributed by atoms with Gasteiger partial charge in [-0.25, -0.2) is 13.4 Å². The van der Waals surface area contributed by atoms with Gasteiger partial charge in [-0.3, -0.25) is 0 Å². The molecule has 0 radical (unpaired) electrons. The Morgan fingerprint density at radius 3 is 1.93 bits per heavy atom. The van der Waals surface area contributed by atoms with Crippen LogP contribution in [0.3, 0.4) is 0 Å². The van der Waals surface area contributed by atoms with Gasteiger partial charge in [0.2, 0.25) is 0 Å². The fourth-order valence-electron chi connectivity index (χ4n) is 0.608. The molecule has 1 aromatic heterocycles. The molecule has 0 aliphatic rings. The molecule has 0 saturated heterocycles.